The minimum Gasteiger partial charge on any atom is -0.508 e. The minimum absolute atomic E-state index is 0.150. The Morgan fingerprint density at radius 3 is 2.82 bits per heavy atom. The summed E-state index contributed by atoms with van der Waals surface area (Å²) in [6.45, 7) is 2.95. The molecule has 0 aliphatic rings. The summed E-state index contributed by atoms with van der Waals surface area (Å²) in [6, 6.07) is 11.3. The summed E-state index contributed by atoms with van der Waals surface area (Å²) in [7, 11) is 0. The SMILES string of the molecule is CCNC(Cc1cccc(O)c1)c1ccco1. The Bertz CT molecular complexity index is 451. The lowest BCUT2D eigenvalue weighted by molar-refractivity contribution is 0.415. The van der Waals surface area contributed by atoms with Crippen molar-refractivity contribution in [2.24, 2.45) is 0 Å². The molecule has 90 valence electrons. The third-order valence-electron chi connectivity index (χ3n) is 2.69. The molecule has 0 saturated heterocycles. The molecule has 1 heterocycles. The summed E-state index contributed by atoms with van der Waals surface area (Å²) in [5, 5.41) is 12.8. The van der Waals surface area contributed by atoms with Crippen LogP contribution in [0.4, 0.5) is 0 Å². The zero-order chi connectivity index (χ0) is 12.1. The molecular weight excluding hydrogens is 214 g/mol. The van der Waals surface area contributed by atoms with Crippen LogP contribution in [0.15, 0.2) is 47.1 Å². The Morgan fingerprint density at radius 2 is 2.18 bits per heavy atom. The lowest BCUT2D eigenvalue weighted by Crippen LogP contribution is -2.22. The molecule has 0 bridgehead atoms. The van der Waals surface area contributed by atoms with E-state index in [1.165, 1.54) is 0 Å². The van der Waals surface area contributed by atoms with E-state index in [-0.39, 0.29) is 6.04 Å². The molecule has 0 fully saturated rings. The van der Waals surface area contributed by atoms with Crippen molar-refractivity contribution < 1.29 is 9.52 Å². The molecule has 0 spiro atoms. The van der Waals surface area contributed by atoms with Crippen molar-refractivity contribution in [3.63, 3.8) is 0 Å². The fourth-order valence-electron chi connectivity index (χ4n) is 1.93. The maximum absolute atomic E-state index is 9.44. The number of rotatable bonds is 5. The van der Waals surface area contributed by atoms with Gasteiger partial charge in [0.2, 0.25) is 0 Å². The van der Waals surface area contributed by atoms with E-state index in [4.69, 9.17) is 4.42 Å². The van der Waals surface area contributed by atoms with Gasteiger partial charge in [-0.05, 0) is 42.8 Å². The van der Waals surface area contributed by atoms with Crippen LogP contribution in [0.5, 0.6) is 5.75 Å². The molecule has 3 nitrogen and oxygen atoms in total. The van der Waals surface area contributed by atoms with Crippen LogP contribution < -0.4 is 5.32 Å². The molecule has 0 saturated carbocycles. The van der Waals surface area contributed by atoms with Gasteiger partial charge in [0.15, 0.2) is 0 Å². The van der Waals surface area contributed by atoms with Gasteiger partial charge >= 0.3 is 0 Å². The average Bonchev–Trinajstić information content (AvgIpc) is 2.82. The number of hydrogen-bond donors (Lipinski definition) is 2. The Balaban J connectivity index is 2.13. The third-order valence-corrected chi connectivity index (χ3v) is 2.69. The smallest absolute Gasteiger partial charge is 0.121 e. The van der Waals surface area contributed by atoms with Gasteiger partial charge < -0.3 is 14.8 Å². The summed E-state index contributed by atoms with van der Waals surface area (Å²) in [6.07, 6.45) is 2.48. The number of nitrogens with one attached hydrogen (secondary N) is 1. The van der Waals surface area contributed by atoms with E-state index in [9.17, 15) is 5.11 Å². The summed E-state index contributed by atoms with van der Waals surface area (Å²) >= 11 is 0. The quantitative estimate of drug-likeness (QED) is 0.831. The van der Waals surface area contributed by atoms with Gasteiger partial charge in [-0.15, -0.1) is 0 Å². The maximum atomic E-state index is 9.44. The number of furan rings is 1. The second-order valence-electron chi connectivity index (χ2n) is 4.00. The van der Waals surface area contributed by atoms with E-state index in [1.54, 1.807) is 18.4 Å². The predicted octanol–water partition coefficient (Wildman–Crippen LogP) is 2.88. The summed E-state index contributed by atoms with van der Waals surface area (Å²) < 4.78 is 5.43. The molecule has 1 atom stereocenters. The fourth-order valence-corrected chi connectivity index (χ4v) is 1.93. The molecule has 0 aliphatic heterocycles. The second kappa shape index (κ2) is 5.55. The highest BCUT2D eigenvalue weighted by molar-refractivity contribution is 5.28. The standard InChI is InChI=1S/C14H17NO2/c1-2-15-13(14-7-4-8-17-14)10-11-5-3-6-12(16)9-11/h3-9,13,15-16H,2,10H2,1H3. The number of phenols is 1. The molecule has 2 N–H and O–H groups in total. The summed E-state index contributed by atoms with van der Waals surface area (Å²) in [5.74, 6) is 1.23. The molecule has 2 rings (SSSR count). The number of phenolic OH excluding ortho intramolecular Hbond substituents is 1. The van der Waals surface area contributed by atoms with E-state index in [1.807, 2.05) is 24.3 Å². The van der Waals surface area contributed by atoms with Gasteiger partial charge in [0.1, 0.15) is 11.5 Å². The largest absolute Gasteiger partial charge is 0.508 e. The average molecular weight is 231 g/mol. The van der Waals surface area contributed by atoms with Crippen LogP contribution >= 0.6 is 0 Å². The number of aromatic hydroxyl groups is 1. The van der Waals surface area contributed by atoms with Crippen LogP contribution in [-0.4, -0.2) is 11.7 Å². The van der Waals surface area contributed by atoms with Gasteiger partial charge in [0.25, 0.3) is 0 Å². The monoisotopic (exact) mass is 231 g/mol. The molecule has 17 heavy (non-hydrogen) atoms. The van der Waals surface area contributed by atoms with Crippen molar-refractivity contribution >= 4 is 0 Å². The third kappa shape index (κ3) is 3.11. The van der Waals surface area contributed by atoms with E-state index in [0.29, 0.717) is 5.75 Å². The first-order valence-corrected chi connectivity index (χ1v) is 5.84. The van der Waals surface area contributed by atoms with Gasteiger partial charge in [-0.25, -0.2) is 0 Å². The van der Waals surface area contributed by atoms with Crippen molar-refractivity contribution in [3.05, 3.63) is 54.0 Å². The Kier molecular flexibility index (Phi) is 3.83. The van der Waals surface area contributed by atoms with Crippen molar-refractivity contribution in [1.29, 1.82) is 0 Å². The molecule has 1 unspecified atom stereocenters. The Hall–Kier alpha value is -1.74. The highest BCUT2D eigenvalue weighted by Crippen LogP contribution is 2.21. The molecule has 0 amide bonds. The molecule has 3 heteroatoms. The van der Waals surface area contributed by atoms with Crippen LogP contribution in [0, 0.1) is 0 Å². The van der Waals surface area contributed by atoms with Gasteiger partial charge in [-0.3, -0.25) is 0 Å². The second-order valence-corrected chi connectivity index (χ2v) is 4.00. The van der Waals surface area contributed by atoms with Gasteiger partial charge in [0.05, 0.1) is 12.3 Å². The first kappa shape index (κ1) is 11.7. The fraction of sp³-hybridized carbons (Fsp3) is 0.286. The zero-order valence-corrected chi connectivity index (χ0v) is 9.89. The van der Waals surface area contributed by atoms with E-state index >= 15 is 0 Å². The Labute approximate surface area is 101 Å². The zero-order valence-electron chi connectivity index (χ0n) is 9.89. The molecule has 0 radical (unpaired) electrons. The topological polar surface area (TPSA) is 45.4 Å². The molecule has 1 aromatic heterocycles. The predicted molar refractivity (Wildman–Crippen MR) is 66.9 cm³/mol. The van der Waals surface area contributed by atoms with Gasteiger partial charge in [0, 0.05) is 0 Å². The van der Waals surface area contributed by atoms with Crippen LogP contribution in [-0.2, 0) is 6.42 Å². The van der Waals surface area contributed by atoms with Crippen LogP contribution in [0.2, 0.25) is 0 Å². The summed E-state index contributed by atoms with van der Waals surface area (Å²) in [5.41, 5.74) is 1.09. The first-order valence-electron chi connectivity index (χ1n) is 5.84. The lowest BCUT2D eigenvalue weighted by Gasteiger charge is -2.15. The lowest BCUT2D eigenvalue weighted by atomic mass is 10.0. The Morgan fingerprint density at radius 1 is 1.29 bits per heavy atom. The number of benzene rings is 1. The van der Waals surface area contributed by atoms with E-state index in [0.717, 1.165) is 24.3 Å². The highest BCUT2D eigenvalue weighted by Gasteiger charge is 2.13. The number of likely N-dealkylation sites (N-methyl/N-ethyl adjacent to an activating group) is 1. The van der Waals surface area contributed by atoms with Crippen molar-refractivity contribution in [2.75, 3.05) is 6.54 Å². The van der Waals surface area contributed by atoms with Crippen molar-refractivity contribution in [2.45, 2.75) is 19.4 Å². The molecule has 0 aliphatic carbocycles. The van der Waals surface area contributed by atoms with Gasteiger partial charge in [-0.2, -0.15) is 0 Å². The minimum atomic E-state index is 0.150. The van der Waals surface area contributed by atoms with Crippen LogP contribution in [0.1, 0.15) is 24.3 Å². The van der Waals surface area contributed by atoms with Gasteiger partial charge in [-0.1, -0.05) is 19.1 Å². The van der Waals surface area contributed by atoms with Crippen LogP contribution in [0.25, 0.3) is 0 Å². The molecule has 1 aromatic carbocycles. The maximum Gasteiger partial charge on any atom is 0.121 e. The van der Waals surface area contributed by atoms with Crippen molar-refractivity contribution in [3.8, 4) is 5.75 Å². The van der Waals surface area contributed by atoms with Crippen molar-refractivity contribution in [1.82, 2.24) is 5.32 Å². The molecular formula is C14H17NO2. The molecule has 2 aromatic rings. The summed E-state index contributed by atoms with van der Waals surface area (Å²) in [4.78, 5) is 0. The van der Waals surface area contributed by atoms with Crippen LogP contribution in [0.3, 0.4) is 0 Å². The van der Waals surface area contributed by atoms with E-state index in [2.05, 4.69) is 12.2 Å². The number of hydrogen-bond acceptors (Lipinski definition) is 3. The highest BCUT2D eigenvalue weighted by atomic mass is 16.3. The van der Waals surface area contributed by atoms with E-state index < -0.39 is 0 Å². The normalized spacial score (nSPS) is 12.5. The first-order chi connectivity index (χ1) is 8.29.